The van der Waals surface area contributed by atoms with Crippen LogP contribution in [0.2, 0.25) is 0 Å². The number of anilines is 2. The normalized spacial score (nSPS) is 15.7. The highest BCUT2D eigenvalue weighted by Crippen LogP contribution is 2.30. The van der Waals surface area contributed by atoms with Crippen LogP contribution in [0.4, 0.5) is 29.1 Å². The summed E-state index contributed by atoms with van der Waals surface area (Å²) in [5.74, 6) is 0.213. The fraction of sp³-hybridized carbons (Fsp3) is 0.273. The van der Waals surface area contributed by atoms with Crippen molar-refractivity contribution in [2.24, 2.45) is 0 Å². The van der Waals surface area contributed by atoms with Crippen molar-refractivity contribution in [1.82, 2.24) is 19.9 Å². The Morgan fingerprint density at radius 2 is 1.61 bits per heavy atom. The van der Waals surface area contributed by atoms with Crippen LogP contribution in [0.1, 0.15) is 11.1 Å². The van der Waals surface area contributed by atoms with Crippen LogP contribution >= 0.6 is 0 Å². The predicted molar refractivity (Wildman–Crippen MR) is 109 cm³/mol. The summed E-state index contributed by atoms with van der Waals surface area (Å²) in [7, 11) is 0. The molecule has 1 fully saturated rings. The lowest BCUT2D eigenvalue weighted by Gasteiger charge is -2.41. The molecule has 9 heteroatoms. The fourth-order valence-corrected chi connectivity index (χ4v) is 3.61. The van der Waals surface area contributed by atoms with Crippen LogP contribution in [0.3, 0.4) is 0 Å². The van der Waals surface area contributed by atoms with E-state index in [0.717, 1.165) is 17.7 Å². The van der Waals surface area contributed by atoms with Gasteiger partial charge in [0.05, 0.1) is 11.3 Å². The molecule has 1 aliphatic heterocycles. The molecule has 2 heterocycles. The lowest BCUT2D eigenvalue weighted by atomic mass is 10.1. The van der Waals surface area contributed by atoms with Gasteiger partial charge in [0.2, 0.25) is 0 Å². The van der Waals surface area contributed by atoms with Crippen LogP contribution in [0.5, 0.6) is 0 Å². The number of hydrogen-bond acceptors (Lipinski definition) is 5. The number of halogens is 4. The van der Waals surface area contributed by atoms with Gasteiger partial charge in [0.25, 0.3) is 0 Å². The first-order valence-corrected chi connectivity index (χ1v) is 9.86. The van der Waals surface area contributed by atoms with Crippen LogP contribution in [0.25, 0.3) is 0 Å². The van der Waals surface area contributed by atoms with Gasteiger partial charge in [-0.25, -0.2) is 19.4 Å². The molecule has 1 aliphatic rings. The summed E-state index contributed by atoms with van der Waals surface area (Å²) in [5, 5.41) is 3.77. The summed E-state index contributed by atoms with van der Waals surface area (Å²) in [5.41, 5.74) is 0.576. The highest BCUT2D eigenvalue weighted by molar-refractivity contribution is 5.58. The van der Waals surface area contributed by atoms with E-state index >= 15 is 0 Å². The number of hydrogen-bond donors (Lipinski definition) is 0. The molecule has 0 aliphatic carbocycles. The first-order chi connectivity index (χ1) is 14.9. The summed E-state index contributed by atoms with van der Waals surface area (Å²) in [6.07, 6.45) is -1.30. The second-order valence-electron chi connectivity index (χ2n) is 7.26. The number of aromatic nitrogens is 2. The standard InChI is InChI=1S/C22H21F4N5/c23-19-3-1-2-4-20(19)31(21-9-10-27-16-28-21)30-13-11-29(12-14-30)15-17-5-7-18(8-6-17)22(24,25)26/h1-10,16H,11-15H2. The molecule has 162 valence electrons. The van der Waals surface area contributed by atoms with Crippen molar-refractivity contribution in [1.29, 1.82) is 0 Å². The summed E-state index contributed by atoms with van der Waals surface area (Å²) < 4.78 is 52.8. The Hall–Kier alpha value is -3.04. The van der Waals surface area contributed by atoms with Gasteiger partial charge >= 0.3 is 6.18 Å². The first-order valence-electron chi connectivity index (χ1n) is 9.86. The SMILES string of the molecule is Fc1ccccc1N(c1ccncn1)N1CCN(Cc2ccc(C(F)(F)F)cc2)CC1. The van der Waals surface area contributed by atoms with Gasteiger partial charge in [0.15, 0.2) is 5.82 Å². The van der Waals surface area contributed by atoms with E-state index in [9.17, 15) is 17.6 Å². The van der Waals surface area contributed by atoms with E-state index in [0.29, 0.717) is 44.2 Å². The molecule has 4 rings (SSSR count). The third-order valence-corrected chi connectivity index (χ3v) is 5.18. The Bertz CT molecular complexity index is 987. The maximum atomic E-state index is 14.6. The van der Waals surface area contributed by atoms with Gasteiger partial charge < -0.3 is 0 Å². The van der Waals surface area contributed by atoms with Crippen molar-refractivity contribution in [2.75, 3.05) is 31.2 Å². The molecule has 0 radical (unpaired) electrons. The maximum Gasteiger partial charge on any atom is 0.416 e. The molecular weight excluding hydrogens is 410 g/mol. The number of benzene rings is 2. The predicted octanol–water partition coefficient (Wildman–Crippen LogP) is 4.51. The molecule has 31 heavy (non-hydrogen) atoms. The van der Waals surface area contributed by atoms with E-state index in [1.165, 1.54) is 24.5 Å². The van der Waals surface area contributed by atoms with Gasteiger partial charge in [0.1, 0.15) is 12.1 Å². The summed E-state index contributed by atoms with van der Waals surface area (Å²) in [6.45, 7) is 3.13. The Kier molecular flexibility index (Phi) is 6.15. The Balaban J connectivity index is 1.45. The van der Waals surface area contributed by atoms with E-state index in [4.69, 9.17) is 0 Å². The minimum absolute atomic E-state index is 0.353. The van der Waals surface area contributed by atoms with Gasteiger partial charge in [-0.1, -0.05) is 24.3 Å². The molecule has 1 saturated heterocycles. The van der Waals surface area contributed by atoms with Crippen molar-refractivity contribution < 1.29 is 17.6 Å². The minimum atomic E-state index is -4.33. The molecule has 0 saturated carbocycles. The quantitative estimate of drug-likeness (QED) is 0.556. The Labute approximate surface area is 177 Å². The number of rotatable bonds is 5. The highest BCUT2D eigenvalue weighted by atomic mass is 19.4. The Morgan fingerprint density at radius 1 is 0.903 bits per heavy atom. The Morgan fingerprint density at radius 3 is 2.23 bits per heavy atom. The van der Waals surface area contributed by atoms with E-state index in [2.05, 4.69) is 14.9 Å². The fourth-order valence-electron chi connectivity index (χ4n) is 3.61. The number of para-hydroxylation sites is 1. The van der Waals surface area contributed by atoms with Gasteiger partial charge in [-0.2, -0.15) is 13.2 Å². The summed E-state index contributed by atoms with van der Waals surface area (Å²) in [6, 6.07) is 13.5. The molecule has 0 spiro atoms. The van der Waals surface area contributed by atoms with Crippen molar-refractivity contribution in [3.63, 3.8) is 0 Å². The maximum absolute atomic E-state index is 14.6. The van der Waals surface area contributed by atoms with Gasteiger partial charge in [0, 0.05) is 45.0 Å². The molecule has 1 aromatic heterocycles. The zero-order valence-electron chi connectivity index (χ0n) is 16.6. The molecular formula is C22H21F4N5. The third kappa shape index (κ3) is 5.00. The number of nitrogens with zero attached hydrogens (tertiary/aromatic N) is 5. The third-order valence-electron chi connectivity index (χ3n) is 5.18. The van der Waals surface area contributed by atoms with Crippen molar-refractivity contribution in [3.05, 3.63) is 84.1 Å². The number of hydrazine groups is 1. The molecule has 0 amide bonds. The zero-order chi connectivity index (χ0) is 21.8. The average Bonchev–Trinajstić information content (AvgIpc) is 2.77. The van der Waals surface area contributed by atoms with Crippen molar-refractivity contribution in [2.45, 2.75) is 12.7 Å². The summed E-state index contributed by atoms with van der Waals surface area (Å²) in [4.78, 5) is 10.4. The summed E-state index contributed by atoms with van der Waals surface area (Å²) >= 11 is 0. The van der Waals surface area contributed by atoms with Crippen LogP contribution in [0, 0.1) is 5.82 Å². The molecule has 0 unspecified atom stereocenters. The van der Waals surface area contributed by atoms with Crippen LogP contribution in [0.15, 0.2) is 67.1 Å². The largest absolute Gasteiger partial charge is 0.416 e. The lowest BCUT2D eigenvalue weighted by molar-refractivity contribution is -0.137. The van der Waals surface area contributed by atoms with Crippen molar-refractivity contribution >= 4 is 11.5 Å². The van der Waals surface area contributed by atoms with E-state index in [-0.39, 0.29) is 5.82 Å². The van der Waals surface area contributed by atoms with Gasteiger partial charge in [-0.3, -0.25) is 9.91 Å². The molecule has 0 bridgehead atoms. The topological polar surface area (TPSA) is 35.5 Å². The highest BCUT2D eigenvalue weighted by Gasteiger charge is 2.30. The molecule has 3 aromatic rings. The van der Waals surface area contributed by atoms with Crippen LogP contribution in [-0.4, -0.2) is 46.1 Å². The molecule has 0 N–H and O–H groups in total. The van der Waals surface area contributed by atoms with E-state index in [1.54, 1.807) is 35.5 Å². The van der Waals surface area contributed by atoms with E-state index in [1.807, 2.05) is 5.01 Å². The first kappa shape index (κ1) is 21.2. The minimum Gasteiger partial charge on any atom is -0.296 e. The van der Waals surface area contributed by atoms with Crippen LogP contribution < -0.4 is 5.01 Å². The monoisotopic (exact) mass is 431 g/mol. The van der Waals surface area contributed by atoms with Gasteiger partial charge in [-0.15, -0.1) is 0 Å². The molecule has 5 nitrogen and oxygen atoms in total. The van der Waals surface area contributed by atoms with Crippen molar-refractivity contribution in [3.8, 4) is 0 Å². The second-order valence-corrected chi connectivity index (χ2v) is 7.26. The average molecular weight is 431 g/mol. The van der Waals surface area contributed by atoms with Gasteiger partial charge in [-0.05, 0) is 29.8 Å². The molecule has 0 atom stereocenters. The zero-order valence-corrected chi connectivity index (χ0v) is 16.6. The van der Waals surface area contributed by atoms with E-state index < -0.39 is 11.7 Å². The molecule has 2 aromatic carbocycles. The lowest BCUT2D eigenvalue weighted by Crippen LogP contribution is -2.52. The number of piperazine rings is 1. The second kappa shape index (κ2) is 8.99. The smallest absolute Gasteiger partial charge is 0.296 e. The number of alkyl halides is 3. The van der Waals surface area contributed by atoms with Crippen LogP contribution in [-0.2, 0) is 12.7 Å².